The van der Waals surface area contributed by atoms with Crippen molar-refractivity contribution in [2.75, 3.05) is 14.1 Å². The Bertz CT molecular complexity index is 251. The van der Waals surface area contributed by atoms with E-state index in [1.54, 1.807) is 0 Å². The van der Waals surface area contributed by atoms with Gasteiger partial charge in [0.05, 0.1) is 0 Å². The molecule has 2 N–H and O–H groups in total. The van der Waals surface area contributed by atoms with Crippen LogP contribution in [0.3, 0.4) is 0 Å². The molecule has 0 aliphatic rings. The van der Waals surface area contributed by atoms with Crippen LogP contribution in [-0.4, -0.2) is 18.6 Å². The minimum Gasteiger partial charge on any atom is -0.325 e. The van der Waals surface area contributed by atoms with Crippen LogP contribution in [0.2, 0.25) is 0 Å². The highest BCUT2D eigenvalue weighted by molar-refractivity contribution is 7.93. The largest absolute Gasteiger partial charge is 0.325 e. The number of hydrogen-bond acceptors (Lipinski definition) is 3. The maximum absolute atomic E-state index is 8.76. The maximum Gasteiger partial charge on any atom is 0.0382 e. The van der Waals surface area contributed by atoms with Crippen molar-refractivity contribution in [3.63, 3.8) is 0 Å². The lowest BCUT2D eigenvalue weighted by Gasteiger charge is -2.02. The number of benzene rings is 1. The van der Waals surface area contributed by atoms with Gasteiger partial charge in [-0.2, -0.15) is 0 Å². The third-order valence-electron chi connectivity index (χ3n) is 1.65. The van der Waals surface area contributed by atoms with Crippen LogP contribution in [0.4, 0.5) is 0 Å². The van der Waals surface area contributed by atoms with Gasteiger partial charge in [0.15, 0.2) is 0 Å². The molecule has 1 aromatic rings. The fraction of sp³-hybridized carbons (Fsp3) is 0.400. The predicted molar refractivity (Wildman–Crippen MR) is 59.4 cm³/mol. The SMILES string of the molecule is CNC.Cc1cccc(SO)c1C. The molecule has 1 aromatic carbocycles. The fourth-order valence-electron chi connectivity index (χ4n) is 0.823. The summed E-state index contributed by atoms with van der Waals surface area (Å²) in [5.74, 6) is 0. The summed E-state index contributed by atoms with van der Waals surface area (Å²) in [6.07, 6.45) is 0. The molecule has 0 bridgehead atoms. The average Bonchev–Trinajstić information content (AvgIpc) is 2.11. The zero-order valence-corrected chi connectivity index (χ0v) is 9.40. The van der Waals surface area contributed by atoms with Crippen LogP contribution in [0.15, 0.2) is 23.1 Å². The number of nitrogens with one attached hydrogen (secondary N) is 1. The monoisotopic (exact) mass is 199 g/mol. The van der Waals surface area contributed by atoms with Crippen LogP contribution in [-0.2, 0) is 0 Å². The van der Waals surface area contributed by atoms with E-state index in [4.69, 9.17) is 4.55 Å². The summed E-state index contributed by atoms with van der Waals surface area (Å²) in [6.45, 7) is 4.04. The lowest BCUT2D eigenvalue weighted by molar-refractivity contribution is 0.663. The Kier molecular flexibility index (Phi) is 6.68. The van der Waals surface area contributed by atoms with Crippen LogP contribution in [0.1, 0.15) is 11.1 Å². The quantitative estimate of drug-likeness (QED) is 0.682. The molecular formula is C10H17NOS. The van der Waals surface area contributed by atoms with E-state index < -0.39 is 0 Å². The first kappa shape index (κ1) is 12.5. The van der Waals surface area contributed by atoms with Gasteiger partial charge in [-0.1, -0.05) is 12.1 Å². The molecule has 74 valence electrons. The Hall–Kier alpha value is -0.510. The van der Waals surface area contributed by atoms with Crippen molar-refractivity contribution in [3.8, 4) is 0 Å². The Morgan fingerprint density at radius 1 is 1.23 bits per heavy atom. The highest BCUT2D eigenvalue weighted by Gasteiger charge is 1.97. The summed E-state index contributed by atoms with van der Waals surface area (Å²) in [6, 6.07) is 5.89. The Labute approximate surface area is 84.6 Å². The highest BCUT2D eigenvalue weighted by atomic mass is 32.2. The van der Waals surface area contributed by atoms with Gasteiger partial charge in [0.25, 0.3) is 0 Å². The third-order valence-corrected chi connectivity index (χ3v) is 2.29. The first-order valence-corrected chi connectivity index (χ1v) is 4.90. The van der Waals surface area contributed by atoms with E-state index in [2.05, 4.69) is 5.32 Å². The van der Waals surface area contributed by atoms with Crippen LogP contribution in [0, 0.1) is 13.8 Å². The van der Waals surface area contributed by atoms with Gasteiger partial charge in [0.2, 0.25) is 0 Å². The Morgan fingerprint density at radius 2 is 1.77 bits per heavy atom. The zero-order valence-electron chi connectivity index (χ0n) is 8.59. The lowest BCUT2D eigenvalue weighted by Crippen LogP contribution is -1.89. The van der Waals surface area contributed by atoms with Gasteiger partial charge in [-0.3, -0.25) is 0 Å². The number of aryl methyl sites for hydroxylation is 1. The summed E-state index contributed by atoms with van der Waals surface area (Å²) >= 11 is 0.810. The fourth-order valence-corrected chi connectivity index (χ4v) is 1.26. The van der Waals surface area contributed by atoms with Crippen LogP contribution in [0.5, 0.6) is 0 Å². The molecule has 0 saturated carbocycles. The summed E-state index contributed by atoms with van der Waals surface area (Å²) < 4.78 is 8.76. The topological polar surface area (TPSA) is 32.3 Å². The van der Waals surface area contributed by atoms with E-state index in [0.29, 0.717) is 0 Å². The third kappa shape index (κ3) is 4.31. The molecule has 0 aliphatic heterocycles. The second-order valence-corrected chi connectivity index (χ2v) is 3.41. The van der Waals surface area contributed by atoms with Crippen molar-refractivity contribution in [1.82, 2.24) is 5.32 Å². The van der Waals surface area contributed by atoms with Gasteiger partial charge < -0.3 is 9.87 Å². The van der Waals surface area contributed by atoms with E-state index in [-0.39, 0.29) is 0 Å². The van der Waals surface area contributed by atoms with Gasteiger partial charge in [0.1, 0.15) is 0 Å². The van der Waals surface area contributed by atoms with Gasteiger partial charge >= 0.3 is 0 Å². The molecule has 13 heavy (non-hydrogen) atoms. The molecule has 2 nitrogen and oxygen atoms in total. The normalized spacial score (nSPS) is 9.00. The molecule has 0 aromatic heterocycles. The van der Waals surface area contributed by atoms with Gasteiger partial charge in [-0.25, -0.2) is 0 Å². The van der Waals surface area contributed by atoms with Crippen molar-refractivity contribution in [3.05, 3.63) is 29.3 Å². The standard InChI is InChI=1S/C8H10OS.C2H7N/c1-6-4-3-5-8(10-9)7(6)2;1-3-2/h3-5,9H,1-2H3;3H,1-2H3. The molecule has 0 spiro atoms. The van der Waals surface area contributed by atoms with E-state index in [1.165, 1.54) is 5.56 Å². The minimum atomic E-state index is 0.810. The van der Waals surface area contributed by atoms with E-state index in [0.717, 1.165) is 22.5 Å². The number of rotatable bonds is 1. The van der Waals surface area contributed by atoms with E-state index in [1.807, 2.05) is 46.1 Å². The first-order chi connectivity index (χ1) is 6.17. The molecule has 0 amide bonds. The lowest BCUT2D eigenvalue weighted by atomic mass is 10.1. The van der Waals surface area contributed by atoms with Gasteiger partial charge in [0, 0.05) is 16.9 Å². The minimum absolute atomic E-state index is 0.810. The molecule has 3 heteroatoms. The molecule has 0 heterocycles. The molecule has 0 fully saturated rings. The van der Waals surface area contributed by atoms with E-state index >= 15 is 0 Å². The average molecular weight is 199 g/mol. The molecule has 0 aliphatic carbocycles. The molecule has 1 rings (SSSR count). The number of hydrogen-bond donors (Lipinski definition) is 2. The molecule has 0 atom stereocenters. The van der Waals surface area contributed by atoms with Crippen LogP contribution >= 0.6 is 12.0 Å². The van der Waals surface area contributed by atoms with Crippen LogP contribution in [0.25, 0.3) is 0 Å². The smallest absolute Gasteiger partial charge is 0.0382 e. The first-order valence-electron chi connectivity index (χ1n) is 4.13. The van der Waals surface area contributed by atoms with Crippen molar-refractivity contribution >= 4 is 12.0 Å². The Balaban J connectivity index is 0.000000424. The van der Waals surface area contributed by atoms with Gasteiger partial charge in [-0.15, -0.1) is 0 Å². The molecular weight excluding hydrogens is 182 g/mol. The zero-order chi connectivity index (χ0) is 10.3. The van der Waals surface area contributed by atoms with E-state index in [9.17, 15) is 0 Å². The second-order valence-electron chi connectivity index (χ2n) is 2.79. The predicted octanol–water partition coefficient (Wildman–Crippen LogP) is 2.70. The van der Waals surface area contributed by atoms with Gasteiger partial charge in [-0.05, 0) is 45.1 Å². The van der Waals surface area contributed by atoms with Crippen molar-refractivity contribution in [1.29, 1.82) is 0 Å². The second kappa shape index (κ2) is 6.95. The van der Waals surface area contributed by atoms with Crippen molar-refractivity contribution in [2.24, 2.45) is 0 Å². The summed E-state index contributed by atoms with van der Waals surface area (Å²) in [4.78, 5) is 0.944. The summed E-state index contributed by atoms with van der Waals surface area (Å²) in [5.41, 5.74) is 2.38. The summed E-state index contributed by atoms with van der Waals surface area (Å²) in [7, 11) is 3.75. The molecule has 0 radical (unpaired) electrons. The van der Waals surface area contributed by atoms with Crippen molar-refractivity contribution in [2.45, 2.75) is 18.7 Å². The highest BCUT2D eigenvalue weighted by Crippen LogP contribution is 2.21. The maximum atomic E-state index is 8.76. The summed E-state index contributed by atoms with van der Waals surface area (Å²) in [5, 5.41) is 2.75. The Morgan fingerprint density at radius 3 is 2.15 bits per heavy atom. The molecule has 0 unspecified atom stereocenters. The van der Waals surface area contributed by atoms with Crippen molar-refractivity contribution < 1.29 is 4.55 Å². The van der Waals surface area contributed by atoms with Crippen LogP contribution < -0.4 is 5.32 Å². The molecule has 0 saturated heterocycles.